The van der Waals surface area contributed by atoms with Gasteiger partial charge in [-0.25, -0.2) is 19.3 Å². The number of hydrogen-bond donors (Lipinski definition) is 1. The van der Waals surface area contributed by atoms with Crippen molar-refractivity contribution < 1.29 is 14.3 Å². The van der Waals surface area contributed by atoms with Crippen molar-refractivity contribution in [3.05, 3.63) is 36.8 Å². The molecule has 2 fully saturated rings. The molecule has 5 rings (SSSR count). The van der Waals surface area contributed by atoms with Crippen LogP contribution in [0.25, 0.3) is 16.8 Å². The van der Waals surface area contributed by atoms with Gasteiger partial charge in [-0.3, -0.25) is 0 Å². The standard InChI is InChI=1S/C23H25N7O3/c1-3-23(7-9-24-16-23)33-22(31)29-13-11-28(12-14-29)19-6-10-30-20(27-19)18(15-26-30)17-5-4-8-25-21(17)32-2/h1,4-6,8,10,15,24H,7,9,11-14,16H2,2H3. The second kappa shape index (κ2) is 8.60. The lowest BCUT2D eigenvalue weighted by Gasteiger charge is -2.36. The van der Waals surface area contributed by atoms with E-state index in [0.29, 0.717) is 50.7 Å². The molecule has 10 heteroatoms. The van der Waals surface area contributed by atoms with Crippen LogP contribution in [0.15, 0.2) is 36.8 Å². The van der Waals surface area contributed by atoms with E-state index in [-0.39, 0.29) is 6.09 Å². The lowest BCUT2D eigenvalue weighted by atomic mass is 10.1. The Hall–Kier alpha value is -3.84. The molecule has 0 radical (unpaired) electrons. The van der Waals surface area contributed by atoms with Crippen LogP contribution in [0, 0.1) is 12.3 Å². The summed E-state index contributed by atoms with van der Waals surface area (Å²) in [6.07, 6.45) is 11.2. The fourth-order valence-corrected chi connectivity index (χ4v) is 4.24. The molecule has 0 aromatic carbocycles. The Kier molecular flexibility index (Phi) is 5.48. The van der Waals surface area contributed by atoms with Crippen LogP contribution in [0.2, 0.25) is 0 Å². The van der Waals surface area contributed by atoms with Crippen molar-refractivity contribution in [2.24, 2.45) is 0 Å². The number of terminal acetylenes is 1. The maximum absolute atomic E-state index is 12.7. The zero-order valence-electron chi connectivity index (χ0n) is 18.4. The Morgan fingerprint density at radius 1 is 1.24 bits per heavy atom. The van der Waals surface area contributed by atoms with Gasteiger partial charge in [0.05, 0.1) is 18.9 Å². The number of anilines is 1. The molecule has 2 saturated heterocycles. The van der Waals surface area contributed by atoms with Gasteiger partial charge in [-0.1, -0.05) is 5.92 Å². The van der Waals surface area contributed by atoms with Gasteiger partial charge < -0.3 is 24.6 Å². The van der Waals surface area contributed by atoms with E-state index in [1.165, 1.54) is 0 Å². The summed E-state index contributed by atoms with van der Waals surface area (Å²) in [5, 5.41) is 7.58. The Labute approximate surface area is 191 Å². The van der Waals surface area contributed by atoms with Gasteiger partial charge in [0.1, 0.15) is 5.82 Å². The van der Waals surface area contributed by atoms with Gasteiger partial charge in [-0.05, 0) is 18.2 Å². The molecule has 3 aromatic rings. The van der Waals surface area contributed by atoms with Crippen LogP contribution in [0.3, 0.4) is 0 Å². The van der Waals surface area contributed by atoms with Crippen molar-refractivity contribution in [3.63, 3.8) is 0 Å². The van der Waals surface area contributed by atoms with Crippen LogP contribution in [-0.2, 0) is 4.74 Å². The van der Waals surface area contributed by atoms with Gasteiger partial charge in [-0.2, -0.15) is 5.10 Å². The number of piperazine rings is 1. The summed E-state index contributed by atoms with van der Waals surface area (Å²) < 4.78 is 12.8. The third kappa shape index (κ3) is 3.91. The molecule has 5 heterocycles. The molecule has 0 aliphatic carbocycles. The van der Waals surface area contributed by atoms with Crippen LogP contribution in [-0.4, -0.2) is 82.6 Å². The van der Waals surface area contributed by atoms with E-state index < -0.39 is 5.60 Å². The minimum Gasteiger partial charge on any atom is -0.481 e. The predicted octanol–water partition coefficient (Wildman–Crippen LogP) is 1.42. The first-order chi connectivity index (χ1) is 16.1. The average molecular weight is 447 g/mol. The highest BCUT2D eigenvalue weighted by Crippen LogP contribution is 2.31. The fourth-order valence-electron chi connectivity index (χ4n) is 4.24. The number of hydrogen-bond acceptors (Lipinski definition) is 8. The second-order valence-corrected chi connectivity index (χ2v) is 8.08. The average Bonchev–Trinajstić information content (AvgIpc) is 3.51. The first-order valence-corrected chi connectivity index (χ1v) is 10.9. The zero-order valence-corrected chi connectivity index (χ0v) is 18.4. The number of aromatic nitrogens is 4. The molecule has 3 aromatic heterocycles. The first kappa shape index (κ1) is 21.0. The Balaban J connectivity index is 1.31. The molecular weight excluding hydrogens is 422 g/mol. The normalized spacial score (nSPS) is 20.6. The molecular formula is C23H25N7O3. The quantitative estimate of drug-likeness (QED) is 0.600. The van der Waals surface area contributed by atoms with E-state index in [4.69, 9.17) is 20.9 Å². The summed E-state index contributed by atoms with van der Waals surface area (Å²) >= 11 is 0. The highest BCUT2D eigenvalue weighted by molar-refractivity contribution is 5.80. The molecule has 1 N–H and O–H groups in total. The van der Waals surface area contributed by atoms with Gasteiger partial charge in [-0.15, -0.1) is 6.42 Å². The summed E-state index contributed by atoms with van der Waals surface area (Å²) in [4.78, 5) is 25.7. The van der Waals surface area contributed by atoms with Crippen molar-refractivity contribution in [1.29, 1.82) is 0 Å². The summed E-state index contributed by atoms with van der Waals surface area (Å²) in [6.45, 7) is 3.58. The van der Waals surface area contributed by atoms with E-state index in [0.717, 1.165) is 23.5 Å². The molecule has 1 unspecified atom stereocenters. The van der Waals surface area contributed by atoms with E-state index >= 15 is 0 Å². The third-order valence-corrected chi connectivity index (χ3v) is 6.13. The Bertz CT molecular complexity index is 1200. The lowest BCUT2D eigenvalue weighted by molar-refractivity contribution is 0.0360. The number of rotatable bonds is 4. The summed E-state index contributed by atoms with van der Waals surface area (Å²) in [7, 11) is 1.59. The van der Waals surface area contributed by atoms with E-state index in [1.54, 1.807) is 28.9 Å². The molecule has 2 aliphatic rings. The zero-order chi connectivity index (χ0) is 22.8. The van der Waals surface area contributed by atoms with E-state index in [2.05, 4.69) is 26.2 Å². The largest absolute Gasteiger partial charge is 0.481 e. The maximum atomic E-state index is 12.7. The number of fused-ring (bicyclic) bond motifs is 1. The van der Waals surface area contributed by atoms with Crippen LogP contribution in [0.5, 0.6) is 5.88 Å². The number of carbonyl (C=O) groups excluding carboxylic acids is 1. The number of nitrogens with zero attached hydrogens (tertiary/aromatic N) is 6. The number of methoxy groups -OCH3 is 1. The molecule has 0 spiro atoms. The molecule has 2 aliphatic heterocycles. The molecule has 0 saturated carbocycles. The summed E-state index contributed by atoms with van der Waals surface area (Å²) in [5.41, 5.74) is 1.54. The topological polar surface area (TPSA) is 97.1 Å². The second-order valence-electron chi connectivity index (χ2n) is 8.08. The van der Waals surface area contributed by atoms with Gasteiger partial charge in [0.2, 0.25) is 5.88 Å². The van der Waals surface area contributed by atoms with Crippen molar-refractivity contribution in [2.75, 3.05) is 51.3 Å². The summed E-state index contributed by atoms with van der Waals surface area (Å²) in [5.74, 6) is 3.99. The minimum absolute atomic E-state index is 0.360. The highest BCUT2D eigenvalue weighted by Gasteiger charge is 2.37. The molecule has 33 heavy (non-hydrogen) atoms. The third-order valence-electron chi connectivity index (χ3n) is 6.13. The van der Waals surface area contributed by atoms with Crippen LogP contribution < -0.4 is 15.0 Å². The fraction of sp³-hybridized carbons (Fsp3) is 0.391. The monoisotopic (exact) mass is 447 g/mol. The molecule has 1 amide bonds. The van der Waals surface area contributed by atoms with Crippen molar-refractivity contribution in [2.45, 2.75) is 12.0 Å². The van der Waals surface area contributed by atoms with Gasteiger partial charge in [0.25, 0.3) is 0 Å². The van der Waals surface area contributed by atoms with Gasteiger partial charge >= 0.3 is 6.09 Å². The van der Waals surface area contributed by atoms with E-state index in [9.17, 15) is 4.79 Å². The highest BCUT2D eigenvalue weighted by atomic mass is 16.6. The number of nitrogens with one attached hydrogen (secondary N) is 1. The number of pyridine rings is 1. The van der Waals surface area contributed by atoms with Gasteiger partial charge in [0, 0.05) is 63.6 Å². The van der Waals surface area contributed by atoms with Gasteiger partial charge in [0.15, 0.2) is 11.2 Å². The van der Waals surface area contributed by atoms with Crippen LogP contribution in [0.1, 0.15) is 6.42 Å². The Morgan fingerprint density at radius 2 is 2.09 bits per heavy atom. The SMILES string of the molecule is C#CC1(OC(=O)N2CCN(c3ccn4ncc(-c5cccnc5OC)c4n3)CC2)CCNC1. The Morgan fingerprint density at radius 3 is 2.82 bits per heavy atom. The first-order valence-electron chi connectivity index (χ1n) is 10.9. The number of ether oxygens (including phenoxy) is 2. The summed E-state index contributed by atoms with van der Waals surface area (Å²) in [6, 6.07) is 5.72. The van der Waals surface area contributed by atoms with E-state index in [1.807, 2.05) is 24.4 Å². The molecule has 1 atom stereocenters. The minimum atomic E-state index is -0.841. The molecule has 0 bridgehead atoms. The predicted molar refractivity (Wildman–Crippen MR) is 122 cm³/mol. The van der Waals surface area contributed by atoms with Crippen molar-refractivity contribution in [3.8, 4) is 29.4 Å². The van der Waals surface area contributed by atoms with Crippen molar-refractivity contribution in [1.82, 2.24) is 29.8 Å². The van der Waals surface area contributed by atoms with Crippen LogP contribution in [0.4, 0.5) is 10.6 Å². The smallest absolute Gasteiger partial charge is 0.411 e. The molecule has 10 nitrogen and oxygen atoms in total. The van der Waals surface area contributed by atoms with Crippen molar-refractivity contribution >= 4 is 17.6 Å². The number of amides is 1. The molecule has 170 valence electrons. The maximum Gasteiger partial charge on any atom is 0.411 e. The van der Waals surface area contributed by atoms with Crippen LogP contribution >= 0.6 is 0 Å². The number of carbonyl (C=O) groups is 1. The lowest BCUT2D eigenvalue weighted by Crippen LogP contribution is -2.51.